The van der Waals surface area contributed by atoms with Crippen LogP contribution in [0.5, 0.6) is 0 Å². The Balaban J connectivity index is 1.89. The van der Waals surface area contributed by atoms with Gasteiger partial charge in [-0.05, 0) is 38.1 Å². The maximum Gasteiger partial charge on any atom is 0.324 e. The fraction of sp³-hybridized carbons (Fsp3) is 0.235. The summed E-state index contributed by atoms with van der Waals surface area (Å²) in [4.78, 5) is 27.6. The van der Waals surface area contributed by atoms with E-state index in [9.17, 15) is 18.0 Å². The Morgan fingerprint density at radius 1 is 1.22 bits per heavy atom. The molecule has 1 atom stereocenters. The number of carbonyl (C=O) groups excluding carboxylic acids is 2. The number of pyridine rings is 1. The Morgan fingerprint density at radius 3 is 2.52 bits per heavy atom. The van der Waals surface area contributed by atoms with Gasteiger partial charge in [-0.25, -0.2) is 13.4 Å². The highest BCUT2D eigenvalue weighted by Gasteiger charge is 2.23. The zero-order chi connectivity index (χ0) is 20.0. The molecular formula is C17H18ClN3O5S. The Hall–Kier alpha value is -2.49. The number of aromatic nitrogens is 1. The topological polar surface area (TPSA) is 114 Å². The molecule has 0 saturated heterocycles. The first-order valence-corrected chi connectivity index (χ1v) is 9.71. The number of benzene rings is 1. The number of rotatable bonds is 7. The molecule has 1 aromatic heterocycles. The van der Waals surface area contributed by atoms with Gasteiger partial charge in [0.15, 0.2) is 11.8 Å². The molecule has 0 saturated carbocycles. The van der Waals surface area contributed by atoms with Crippen LogP contribution in [0.25, 0.3) is 0 Å². The van der Waals surface area contributed by atoms with E-state index >= 15 is 0 Å². The molecule has 0 radical (unpaired) electrons. The quantitative estimate of drug-likeness (QED) is 0.531. The summed E-state index contributed by atoms with van der Waals surface area (Å²) < 4.78 is 31.6. The molecule has 8 nitrogen and oxygen atoms in total. The highest BCUT2D eigenvalue weighted by atomic mass is 35.5. The summed E-state index contributed by atoms with van der Waals surface area (Å²) >= 11 is 5.81. The monoisotopic (exact) mass is 411 g/mol. The van der Waals surface area contributed by atoms with Crippen LogP contribution in [0.2, 0.25) is 5.15 Å². The summed E-state index contributed by atoms with van der Waals surface area (Å²) in [6.07, 6.45) is 1.46. The second-order valence-electron chi connectivity index (χ2n) is 5.65. The molecule has 0 aliphatic carbocycles. The summed E-state index contributed by atoms with van der Waals surface area (Å²) in [7, 11) is -3.89. The Kier molecular flexibility index (Phi) is 6.89. The zero-order valence-corrected chi connectivity index (χ0v) is 16.2. The van der Waals surface area contributed by atoms with Gasteiger partial charge in [0, 0.05) is 6.20 Å². The van der Waals surface area contributed by atoms with Gasteiger partial charge >= 0.3 is 5.97 Å². The summed E-state index contributed by atoms with van der Waals surface area (Å²) in [5.41, 5.74) is 1.18. The van der Waals surface area contributed by atoms with Crippen molar-refractivity contribution in [1.82, 2.24) is 9.71 Å². The lowest BCUT2D eigenvalue weighted by molar-refractivity contribution is -0.148. The van der Waals surface area contributed by atoms with E-state index in [0.717, 1.165) is 5.56 Å². The Morgan fingerprint density at radius 2 is 1.89 bits per heavy atom. The molecule has 2 rings (SSSR count). The van der Waals surface area contributed by atoms with Crippen molar-refractivity contribution < 1.29 is 22.7 Å². The van der Waals surface area contributed by atoms with Gasteiger partial charge in [-0.1, -0.05) is 29.3 Å². The van der Waals surface area contributed by atoms with Crippen molar-refractivity contribution in [3.8, 4) is 0 Å². The lowest BCUT2D eigenvalue weighted by Crippen LogP contribution is -2.40. The van der Waals surface area contributed by atoms with Crippen LogP contribution in [0, 0.1) is 6.92 Å². The number of amides is 1. The van der Waals surface area contributed by atoms with E-state index in [1.807, 2.05) is 6.92 Å². The first-order valence-electron chi connectivity index (χ1n) is 7.85. The van der Waals surface area contributed by atoms with E-state index in [4.69, 9.17) is 16.3 Å². The average Bonchev–Trinajstić information content (AvgIpc) is 2.61. The molecule has 27 heavy (non-hydrogen) atoms. The zero-order valence-electron chi connectivity index (χ0n) is 14.6. The third kappa shape index (κ3) is 6.02. The third-order valence-corrected chi connectivity index (χ3v) is 5.25. The van der Waals surface area contributed by atoms with Gasteiger partial charge in [-0.2, -0.15) is 4.72 Å². The van der Waals surface area contributed by atoms with Gasteiger partial charge in [-0.3, -0.25) is 9.59 Å². The minimum Gasteiger partial charge on any atom is -0.454 e. The number of anilines is 1. The molecule has 0 aliphatic rings. The lowest BCUT2D eigenvalue weighted by atomic mass is 10.2. The molecule has 0 unspecified atom stereocenters. The van der Waals surface area contributed by atoms with Gasteiger partial charge in [0.05, 0.1) is 10.6 Å². The Bertz CT molecular complexity index is 932. The van der Waals surface area contributed by atoms with Crippen LogP contribution < -0.4 is 10.0 Å². The number of hydrogen-bond donors (Lipinski definition) is 2. The molecule has 0 fully saturated rings. The summed E-state index contributed by atoms with van der Waals surface area (Å²) in [6.45, 7) is 2.55. The normalized spacial score (nSPS) is 12.3. The molecule has 2 aromatic rings. The molecule has 144 valence electrons. The predicted molar refractivity (Wildman–Crippen MR) is 99.8 cm³/mol. The molecule has 1 aromatic carbocycles. The Labute approximate surface area is 161 Å². The number of sulfonamides is 1. The first-order chi connectivity index (χ1) is 12.7. The van der Waals surface area contributed by atoms with Crippen molar-refractivity contribution in [2.75, 3.05) is 11.9 Å². The molecule has 0 aliphatic heterocycles. The van der Waals surface area contributed by atoms with Crippen LogP contribution >= 0.6 is 11.6 Å². The predicted octanol–water partition coefficient (Wildman–Crippen LogP) is 1.89. The number of carbonyl (C=O) groups is 2. The van der Waals surface area contributed by atoms with Gasteiger partial charge in [0.25, 0.3) is 5.91 Å². The van der Waals surface area contributed by atoms with Crippen LogP contribution in [0.3, 0.4) is 0 Å². The molecule has 2 N–H and O–H groups in total. The fourth-order valence-electron chi connectivity index (χ4n) is 1.99. The van der Waals surface area contributed by atoms with Crippen molar-refractivity contribution in [3.63, 3.8) is 0 Å². The van der Waals surface area contributed by atoms with Crippen LogP contribution in [-0.2, 0) is 24.3 Å². The van der Waals surface area contributed by atoms with E-state index in [2.05, 4.69) is 15.0 Å². The van der Waals surface area contributed by atoms with E-state index in [0.29, 0.717) is 0 Å². The molecular weight excluding hydrogens is 394 g/mol. The van der Waals surface area contributed by atoms with Crippen molar-refractivity contribution in [2.24, 2.45) is 0 Å². The van der Waals surface area contributed by atoms with E-state index in [1.54, 1.807) is 18.2 Å². The van der Waals surface area contributed by atoms with E-state index < -0.39 is 34.5 Å². The molecule has 0 bridgehead atoms. The second-order valence-corrected chi connectivity index (χ2v) is 7.73. The SMILES string of the molecule is Cc1ccc(S(=O)(=O)N[C@@H](C)C(=O)OCC(=O)Nc2cccnc2Cl)cc1. The van der Waals surface area contributed by atoms with Gasteiger partial charge < -0.3 is 10.1 Å². The number of hydrogen-bond acceptors (Lipinski definition) is 6. The van der Waals surface area contributed by atoms with Crippen LogP contribution in [0.15, 0.2) is 47.5 Å². The number of esters is 1. The van der Waals surface area contributed by atoms with Gasteiger partial charge in [-0.15, -0.1) is 0 Å². The third-order valence-electron chi connectivity index (χ3n) is 3.40. The van der Waals surface area contributed by atoms with Crippen molar-refractivity contribution in [1.29, 1.82) is 0 Å². The van der Waals surface area contributed by atoms with Crippen LogP contribution in [-0.4, -0.2) is 37.9 Å². The minimum atomic E-state index is -3.89. The summed E-state index contributed by atoms with van der Waals surface area (Å²) in [5, 5.41) is 2.53. The van der Waals surface area contributed by atoms with Crippen LogP contribution in [0.4, 0.5) is 5.69 Å². The van der Waals surface area contributed by atoms with E-state index in [1.165, 1.54) is 31.3 Å². The smallest absolute Gasteiger partial charge is 0.324 e. The highest BCUT2D eigenvalue weighted by molar-refractivity contribution is 7.89. The number of nitrogens with one attached hydrogen (secondary N) is 2. The largest absolute Gasteiger partial charge is 0.454 e. The van der Waals surface area contributed by atoms with Gasteiger partial charge in [0.1, 0.15) is 6.04 Å². The van der Waals surface area contributed by atoms with Crippen molar-refractivity contribution >= 4 is 39.2 Å². The van der Waals surface area contributed by atoms with E-state index in [-0.39, 0.29) is 15.7 Å². The maximum atomic E-state index is 12.3. The maximum absolute atomic E-state index is 12.3. The number of halogens is 1. The fourth-order valence-corrected chi connectivity index (χ4v) is 3.35. The standard InChI is InChI=1S/C17H18ClN3O5S/c1-11-5-7-13(8-6-11)27(24,25)21-12(2)17(23)26-10-15(22)20-14-4-3-9-19-16(14)18/h3-9,12,21H,10H2,1-2H3,(H,20,22)/t12-/m0/s1. The molecule has 1 heterocycles. The average molecular weight is 412 g/mol. The summed E-state index contributed by atoms with van der Waals surface area (Å²) in [6, 6.07) is 8.09. The first kappa shape index (κ1) is 20.8. The molecule has 1 amide bonds. The van der Waals surface area contributed by atoms with Crippen molar-refractivity contribution in [3.05, 3.63) is 53.3 Å². The number of aryl methyl sites for hydroxylation is 1. The number of nitrogens with zero attached hydrogens (tertiary/aromatic N) is 1. The molecule has 0 spiro atoms. The van der Waals surface area contributed by atoms with Gasteiger partial charge in [0.2, 0.25) is 10.0 Å². The summed E-state index contributed by atoms with van der Waals surface area (Å²) in [5.74, 6) is -1.52. The molecule has 10 heteroatoms. The minimum absolute atomic E-state index is 0.0247. The van der Waals surface area contributed by atoms with Crippen molar-refractivity contribution in [2.45, 2.75) is 24.8 Å². The van der Waals surface area contributed by atoms with Crippen LogP contribution in [0.1, 0.15) is 12.5 Å². The second kappa shape index (κ2) is 8.94. The number of ether oxygens (including phenoxy) is 1. The highest BCUT2D eigenvalue weighted by Crippen LogP contribution is 2.17. The lowest BCUT2D eigenvalue weighted by Gasteiger charge is -2.14.